The Bertz CT molecular complexity index is 358. The van der Waals surface area contributed by atoms with Gasteiger partial charge in [-0.1, -0.05) is 6.92 Å². The normalized spacial score (nSPS) is 20.5. The van der Waals surface area contributed by atoms with Gasteiger partial charge in [-0.25, -0.2) is 9.97 Å². The van der Waals surface area contributed by atoms with E-state index in [9.17, 15) is 0 Å². The van der Waals surface area contributed by atoms with Gasteiger partial charge in [0, 0.05) is 18.7 Å². The number of anilines is 1. The minimum Gasteiger partial charge on any atom is -0.481 e. The van der Waals surface area contributed by atoms with E-state index in [4.69, 9.17) is 4.74 Å². The monoisotopic (exact) mass is 236 g/mol. The molecule has 1 N–H and O–H groups in total. The van der Waals surface area contributed by atoms with Gasteiger partial charge in [0.2, 0.25) is 5.88 Å². The fraction of sp³-hybridized carbons (Fsp3) is 0.667. The second-order valence-corrected chi connectivity index (χ2v) is 4.25. The zero-order valence-electron chi connectivity index (χ0n) is 10.5. The molecule has 1 aliphatic heterocycles. The Kier molecular flexibility index (Phi) is 4.14. The minimum atomic E-state index is 0.598. The largest absolute Gasteiger partial charge is 0.481 e. The number of hydrogen-bond acceptors (Lipinski definition) is 5. The van der Waals surface area contributed by atoms with Crippen LogP contribution in [-0.2, 0) is 0 Å². The molecule has 2 rings (SSSR count). The van der Waals surface area contributed by atoms with Gasteiger partial charge in [-0.2, -0.15) is 0 Å². The van der Waals surface area contributed by atoms with Crippen LogP contribution >= 0.6 is 0 Å². The maximum atomic E-state index is 5.07. The number of methoxy groups -OCH3 is 1. The number of rotatable bonds is 5. The number of ether oxygens (including phenoxy) is 1. The predicted octanol–water partition coefficient (Wildman–Crippen LogP) is 1.38. The van der Waals surface area contributed by atoms with Gasteiger partial charge in [-0.3, -0.25) is 4.90 Å². The van der Waals surface area contributed by atoms with Crippen molar-refractivity contribution in [2.45, 2.75) is 25.8 Å². The maximum Gasteiger partial charge on any atom is 0.218 e. The highest BCUT2D eigenvalue weighted by Crippen LogP contribution is 2.17. The second-order valence-electron chi connectivity index (χ2n) is 4.25. The number of likely N-dealkylation sites (N-methyl/N-ethyl adjacent to an activating group) is 1. The van der Waals surface area contributed by atoms with Crippen molar-refractivity contribution in [1.29, 1.82) is 0 Å². The van der Waals surface area contributed by atoms with E-state index >= 15 is 0 Å². The molecule has 1 unspecified atom stereocenters. The summed E-state index contributed by atoms with van der Waals surface area (Å²) in [6, 6.07) is 2.45. The Morgan fingerprint density at radius 1 is 1.53 bits per heavy atom. The highest BCUT2D eigenvalue weighted by Gasteiger charge is 2.22. The molecule has 1 aromatic heterocycles. The Morgan fingerprint density at radius 2 is 2.41 bits per heavy atom. The van der Waals surface area contributed by atoms with Crippen LogP contribution in [0.15, 0.2) is 12.4 Å². The van der Waals surface area contributed by atoms with Gasteiger partial charge in [0.1, 0.15) is 12.1 Å². The molecule has 94 valence electrons. The summed E-state index contributed by atoms with van der Waals surface area (Å²) in [6.45, 7) is 5.50. The van der Waals surface area contributed by atoms with Crippen molar-refractivity contribution >= 4 is 5.82 Å². The first-order chi connectivity index (χ1) is 8.33. The molecular formula is C12H20N4O. The molecule has 0 aromatic carbocycles. The summed E-state index contributed by atoms with van der Waals surface area (Å²) in [4.78, 5) is 10.7. The number of aromatic nitrogens is 2. The van der Waals surface area contributed by atoms with Gasteiger partial charge >= 0.3 is 0 Å². The Labute approximate surface area is 102 Å². The van der Waals surface area contributed by atoms with E-state index in [1.807, 2.05) is 6.07 Å². The fourth-order valence-corrected chi connectivity index (χ4v) is 2.31. The van der Waals surface area contributed by atoms with Gasteiger partial charge in [-0.15, -0.1) is 0 Å². The van der Waals surface area contributed by atoms with Crippen LogP contribution < -0.4 is 10.1 Å². The molecule has 1 atom stereocenters. The molecule has 1 saturated heterocycles. The molecule has 1 aromatic rings. The first-order valence-corrected chi connectivity index (χ1v) is 6.17. The minimum absolute atomic E-state index is 0.598. The van der Waals surface area contributed by atoms with Crippen LogP contribution in [0.4, 0.5) is 5.82 Å². The van der Waals surface area contributed by atoms with Crippen LogP contribution in [0.1, 0.15) is 19.8 Å². The molecule has 0 saturated carbocycles. The summed E-state index contributed by atoms with van der Waals surface area (Å²) >= 11 is 0. The van der Waals surface area contributed by atoms with Crippen LogP contribution in [0.2, 0.25) is 0 Å². The molecule has 5 heteroatoms. The average molecular weight is 236 g/mol. The first kappa shape index (κ1) is 12.1. The van der Waals surface area contributed by atoms with Crippen LogP contribution in [0, 0.1) is 0 Å². The zero-order valence-corrected chi connectivity index (χ0v) is 10.5. The van der Waals surface area contributed by atoms with Gasteiger partial charge in [0.15, 0.2) is 0 Å². The van der Waals surface area contributed by atoms with E-state index < -0.39 is 0 Å². The van der Waals surface area contributed by atoms with Crippen LogP contribution in [-0.4, -0.2) is 47.7 Å². The van der Waals surface area contributed by atoms with E-state index in [0.29, 0.717) is 11.9 Å². The maximum absolute atomic E-state index is 5.07. The fourth-order valence-electron chi connectivity index (χ4n) is 2.31. The number of likely N-dealkylation sites (tertiary alicyclic amines) is 1. The molecule has 17 heavy (non-hydrogen) atoms. The number of hydrogen-bond donors (Lipinski definition) is 1. The molecular weight excluding hydrogens is 216 g/mol. The summed E-state index contributed by atoms with van der Waals surface area (Å²) in [5, 5.41) is 3.35. The summed E-state index contributed by atoms with van der Waals surface area (Å²) in [5.74, 6) is 1.43. The van der Waals surface area contributed by atoms with Crippen molar-refractivity contribution in [3.05, 3.63) is 12.4 Å². The molecule has 0 bridgehead atoms. The van der Waals surface area contributed by atoms with Crippen molar-refractivity contribution < 1.29 is 4.74 Å². The van der Waals surface area contributed by atoms with E-state index in [-0.39, 0.29) is 0 Å². The summed E-state index contributed by atoms with van der Waals surface area (Å²) in [6.07, 6.45) is 4.09. The van der Waals surface area contributed by atoms with E-state index in [1.54, 1.807) is 7.11 Å². The third-order valence-electron chi connectivity index (χ3n) is 3.28. The zero-order chi connectivity index (χ0) is 12.1. The average Bonchev–Trinajstić information content (AvgIpc) is 2.84. The van der Waals surface area contributed by atoms with Crippen molar-refractivity contribution in [2.75, 3.05) is 32.1 Å². The number of nitrogens with zero attached hydrogens (tertiary/aromatic N) is 3. The van der Waals surface area contributed by atoms with Crippen LogP contribution in [0.3, 0.4) is 0 Å². The lowest BCUT2D eigenvalue weighted by Gasteiger charge is -2.23. The molecule has 0 amide bonds. The summed E-state index contributed by atoms with van der Waals surface area (Å²) in [5.41, 5.74) is 0. The number of nitrogens with one attached hydrogen (secondary N) is 1. The van der Waals surface area contributed by atoms with Crippen molar-refractivity contribution in [3.8, 4) is 5.88 Å². The molecule has 1 fully saturated rings. The lowest BCUT2D eigenvalue weighted by molar-refractivity contribution is 0.277. The molecule has 2 heterocycles. The molecule has 1 aliphatic rings. The molecule has 0 spiro atoms. The third kappa shape index (κ3) is 3.06. The molecule has 0 radical (unpaired) electrons. The quantitative estimate of drug-likeness (QED) is 0.837. The smallest absolute Gasteiger partial charge is 0.218 e. The SMILES string of the molecule is CCN1CCCC1CNc1cc(OC)ncn1. The van der Waals surface area contributed by atoms with Crippen molar-refractivity contribution in [2.24, 2.45) is 0 Å². The van der Waals surface area contributed by atoms with E-state index in [0.717, 1.165) is 18.9 Å². The Morgan fingerprint density at radius 3 is 3.18 bits per heavy atom. The van der Waals surface area contributed by atoms with Gasteiger partial charge < -0.3 is 10.1 Å². The van der Waals surface area contributed by atoms with Gasteiger partial charge in [0.25, 0.3) is 0 Å². The van der Waals surface area contributed by atoms with E-state index in [1.165, 1.54) is 25.7 Å². The van der Waals surface area contributed by atoms with Crippen LogP contribution in [0.25, 0.3) is 0 Å². The van der Waals surface area contributed by atoms with Crippen molar-refractivity contribution in [1.82, 2.24) is 14.9 Å². The highest BCUT2D eigenvalue weighted by atomic mass is 16.5. The lowest BCUT2D eigenvalue weighted by Crippen LogP contribution is -2.34. The summed E-state index contributed by atoms with van der Waals surface area (Å²) in [7, 11) is 1.61. The Hall–Kier alpha value is -1.36. The van der Waals surface area contributed by atoms with Crippen LogP contribution in [0.5, 0.6) is 5.88 Å². The predicted molar refractivity (Wildman–Crippen MR) is 67.3 cm³/mol. The van der Waals surface area contributed by atoms with Crippen molar-refractivity contribution in [3.63, 3.8) is 0 Å². The summed E-state index contributed by atoms with van der Waals surface area (Å²) < 4.78 is 5.07. The lowest BCUT2D eigenvalue weighted by atomic mass is 10.2. The second kappa shape index (κ2) is 5.82. The molecule has 0 aliphatic carbocycles. The van der Waals surface area contributed by atoms with E-state index in [2.05, 4.69) is 27.1 Å². The first-order valence-electron chi connectivity index (χ1n) is 6.17. The van der Waals surface area contributed by atoms with Gasteiger partial charge in [0.05, 0.1) is 7.11 Å². The van der Waals surface area contributed by atoms with Gasteiger partial charge in [-0.05, 0) is 25.9 Å². The molecule has 5 nitrogen and oxygen atoms in total. The highest BCUT2D eigenvalue weighted by molar-refractivity contribution is 5.37. The standard InChI is InChI=1S/C12H20N4O/c1-3-16-6-4-5-10(16)8-13-11-7-12(17-2)15-9-14-11/h7,9-10H,3-6,8H2,1-2H3,(H,13,14,15). The topological polar surface area (TPSA) is 50.3 Å². The third-order valence-corrected chi connectivity index (χ3v) is 3.28. The Balaban J connectivity index is 1.88.